The van der Waals surface area contributed by atoms with Crippen LogP contribution < -0.4 is 0 Å². The topological polar surface area (TPSA) is 6.48 Å². The highest BCUT2D eigenvalue weighted by molar-refractivity contribution is 4.86. The molecule has 0 spiro atoms. The first kappa shape index (κ1) is 12.4. The average molecular weight is 224 g/mol. The van der Waals surface area contributed by atoms with Crippen LogP contribution in [-0.2, 0) is 0 Å². The molecule has 0 bridgehead atoms. The molecule has 4 atom stereocenters. The van der Waals surface area contributed by atoms with Crippen LogP contribution in [0, 0.1) is 0 Å². The Morgan fingerprint density at radius 1 is 0.625 bits per heavy atom. The molecule has 16 heavy (non-hydrogen) atoms. The van der Waals surface area contributed by atoms with Crippen LogP contribution >= 0.6 is 0 Å². The number of hydrogen-bond donors (Lipinski definition) is 0. The molecule has 0 aromatic rings. The van der Waals surface area contributed by atoms with E-state index in [9.17, 15) is 0 Å². The van der Waals surface area contributed by atoms with Crippen LogP contribution in [0.1, 0.15) is 53.4 Å². The molecular formula is C14H28N2. The molecular weight excluding hydrogens is 196 g/mol. The molecule has 0 amide bonds. The Balaban J connectivity index is 1.82. The van der Waals surface area contributed by atoms with E-state index >= 15 is 0 Å². The smallest absolute Gasteiger partial charge is 0.0115 e. The van der Waals surface area contributed by atoms with Crippen LogP contribution in [-0.4, -0.2) is 47.1 Å². The first-order valence-corrected chi connectivity index (χ1v) is 7.11. The maximum absolute atomic E-state index is 2.71. The molecule has 0 radical (unpaired) electrons. The molecule has 0 saturated carbocycles. The highest BCUT2D eigenvalue weighted by Gasteiger charge is 2.30. The zero-order valence-electron chi connectivity index (χ0n) is 11.4. The summed E-state index contributed by atoms with van der Waals surface area (Å²) in [6.45, 7) is 12.1. The summed E-state index contributed by atoms with van der Waals surface area (Å²) in [4.78, 5) is 5.41. The molecule has 2 aliphatic rings. The van der Waals surface area contributed by atoms with E-state index in [4.69, 9.17) is 0 Å². The molecule has 0 aromatic carbocycles. The van der Waals surface area contributed by atoms with Crippen molar-refractivity contribution in [1.29, 1.82) is 0 Å². The van der Waals surface area contributed by atoms with Gasteiger partial charge in [-0.15, -0.1) is 0 Å². The van der Waals surface area contributed by atoms with E-state index in [1.165, 1.54) is 38.8 Å². The summed E-state index contributed by atoms with van der Waals surface area (Å²) in [5.74, 6) is 0. The normalized spacial score (nSPS) is 42.0. The van der Waals surface area contributed by atoms with Gasteiger partial charge in [-0.3, -0.25) is 9.80 Å². The minimum absolute atomic E-state index is 0.809. The van der Waals surface area contributed by atoms with Crippen molar-refractivity contribution in [3.05, 3.63) is 0 Å². The maximum Gasteiger partial charge on any atom is 0.0115 e. The van der Waals surface area contributed by atoms with Gasteiger partial charge in [-0.05, 0) is 53.4 Å². The van der Waals surface area contributed by atoms with Crippen molar-refractivity contribution in [3.8, 4) is 0 Å². The lowest BCUT2D eigenvalue weighted by Crippen LogP contribution is -2.42. The second kappa shape index (κ2) is 5.05. The summed E-state index contributed by atoms with van der Waals surface area (Å²) in [7, 11) is 0. The van der Waals surface area contributed by atoms with Crippen LogP contribution in [0.15, 0.2) is 0 Å². The Hall–Kier alpha value is -0.0800. The molecule has 2 nitrogen and oxygen atoms in total. The van der Waals surface area contributed by atoms with E-state index in [0.29, 0.717) is 0 Å². The zero-order chi connectivity index (χ0) is 11.7. The van der Waals surface area contributed by atoms with Crippen molar-refractivity contribution in [3.63, 3.8) is 0 Å². The summed E-state index contributed by atoms with van der Waals surface area (Å²) in [6, 6.07) is 3.23. The Bertz CT molecular complexity index is 185. The fraction of sp³-hybridized carbons (Fsp3) is 1.00. The van der Waals surface area contributed by atoms with Crippen LogP contribution in [0.3, 0.4) is 0 Å². The largest absolute Gasteiger partial charge is 0.297 e. The lowest BCUT2D eigenvalue weighted by Gasteiger charge is -2.32. The van der Waals surface area contributed by atoms with Crippen molar-refractivity contribution in [1.82, 2.24) is 9.80 Å². The monoisotopic (exact) mass is 224 g/mol. The van der Waals surface area contributed by atoms with Gasteiger partial charge in [-0.1, -0.05) is 0 Å². The van der Waals surface area contributed by atoms with Crippen LogP contribution in [0.4, 0.5) is 0 Å². The van der Waals surface area contributed by atoms with Gasteiger partial charge in [0.05, 0.1) is 0 Å². The quantitative estimate of drug-likeness (QED) is 0.727. The Labute approximate surface area is 101 Å². The lowest BCUT2D eigenvalue weighted by molar-refractivity contribution is 0.146. The number of rotatable bonds is 3. The molecule has 0 aliphatic carbocycles. The predicted octanol–water partition coefficient (Wildman–Crippen LogP) is 2.73. The molecule has 0 unspecified atom stereocenters. The minimum atomic E-state index is 0.809. The summed E-state index contributed by atoms with van der Waals surface area (Å²) in [6.07, 6.45) is 5.58. The number of hydrogen-bond acceptors (Lipinski definition) is 2. The first-order valence-electron chi connectivity index (χ1n) is 7.11. The maximum atomic E-state index is 2.71. The molecule has 2 saturated heterocycles. The standard InChI is InChI=1S/C14H28N2/c1-11-5-6-12(2)15(11)9-10-16-13(3)7-8-14(16)4/h11-14H,5-10H2,1-4H3/t11-,12-,13-,14-/m1/s1. The third-order valence-electron chi connectivity index (χ3n) is 4.89. The molecule has 2 heteroatoms. The molecule has 2 rings (SSSR count). The SMILES string of the molecule is C[C@@H]1CC[C@@H](C)N1CCN1[C@H](C)CC[C@H]1C. The summed E-state index contributed by atoms with van der Waals surface area (Å²) in [5.41, 5.74) is 0. The van der Waals surface area contributed by atoms with E-state index in [-0.39, 0.29) is 0 Å². The summed E-state index contributed by atoms with van der Waals surface area (Å²) < 4.78 is 0. The van der Waals surface area contributed by atoms with E-state index in [1.807, 2.05) is 0 Å². The molecule has 2 fully saturated rings. The third-order valence-corrected chi connectivity index (χ3v) is 4.89. The minimum Gasteiger partial charge on any atom is -0.297 e. The highest BCUT2D eigenvalue weighted by atomic mass is 15.3. The van der Waals surface area contributed by atoms with E-state index < -0.39 is 0 Å². The molecule has 2 heterocycles. The van der Waals surface area contributed by atoms with Gasteiger partial charge in [0.15, 0.2) is 0 Å². The number of nitrogens with zero attached hydrogens (tertiary/aromatic N) is 2. The van der Waals surface area contributed by atoms with Crippen LogP contribution in [0.25, 0.3) is 0 Å². The van der Waals surface area contributed by atoms with Crippen molar-refractivity contribution in [2.45, 2.75) is 77.5 Å². The van der Waals surface area contributed by atoms with Crippen molar-refractivity contribution >= 4 is 0 Å². The fourth-order valence-corrected chi connectivity index (χ4v) is 3.61. The Morgan fingerprint density at radius 3 is 1.12 bits per heavy atom. The van der Waals surface area contributed by atoms with Gasteiger partial charge in [-0.25, -0.2) is 0 Å². The lowest BCUT2D eigenvalue weighted by atomic mass is 10.2. The second-order valence-corrected chi connectivity index (χ2v) is 6.03. The van der Waals surface area contributed by atoms with Crippen LogP contribution in [0.2, 0.25) is 0 Å². The molecule has 94 valence electrons. The highest BCUT2D eigenvalue weighted by Crippen LogP contribution is 2.26. The van der Waals surface area contributed by atoms with Crippen molar-refractivity contribution in [2.75, 3.05) is 13.1 Å². The second-order valence-electron chi connectivity index (χ2n) is 6.03. The van der Waals surface area contributed by atoms with E-state index in [1.54, 1.807) is 0 Å². The van der Waals surface area contributed by atoms with Gasteiger partial charge >= 0.3 is 0 Å². The zero-order valence-corrected chi connectivity index (χ0v) is 11.4. The van der Waals surface area contributed by atoms with Crippen molar-refractivity contribution < 1.29 is 0 Å². The van der Waals surface area contributed by atoms with Gasteiger partial charge in [0.2, 0.25) is 0 Å². The van der Waals surface area contributed by atoms with Crippen LogP contribution in [0.5, 0.6) is 0 Å². The van der Waals surface area contributed by atoms with Gasteiger partial charge in [0, 0.05) is 37.3 Å². The first-order chi connectivity index (χ1) is 7.59. The molecule has 0 aromatic heterocycles. The summed E-state index contributed by atoms with van der Waals surface area (Å²) in [5, 5.41) is 0. The summed E-state index contributed by atoms with van der Waals surface area (Å²) >= 11 is 0. The number of likely N-dealkylation sites (tertiary alicyclic amines) is 2. The van der Waals surface area contributed by atoms with Crippen molar-refractivity contribution in [2.24, 2.45) is 0 Å². The predicted molar refractivity (Wildman–Crippen MR) is 69.7 cm³/mol. The van der Waals surface area contributed by atoms with E-state index in [0.717, 1.165) is 24.2 Å². The van der Waals surface area contributed by atoms with Gasteiger partial charge in [0.25, 0.3) is 0 Å². The third kappa shape index (κ3) is 2.43. The van der Waals surface area contributed by atoms with Gasteiger partial charge in [-0.2, -0.15) is 0 Å². The average Bonchev–Trinajstić information content (AvgIpc) is 2.72. The van der Waals surface area contributed by atoms with Gasteiger partial charge < -0.3 is 0 Å². The van der Waals surface area contributed by atoms with E-state index in [2.05, 4.69) is 37.5 Å². The Morgan fingerprint density at radius 2 is 0.875 bits per heavy atom. The fourth-order valence-electron chi connectivity index (χ4n) is 3.61. The molecule has 2 aliphatic heterocycles. The Kier molecular flexibility index (Phi) is 3.91. The molecule has 0 N–H and O–H groups in total. The van der Waals surface area contributed by atoms with Gasteiger partial charge in [0.1, 0.15) is 0 Å².